The molecule has 0 aliphatic rings. The molecule has 0 fully saturated rings. The predicted molar refractivity (Wildman–Crippen MR) is 60.9 cm³/mol. The van der Waals surface area contributed by atoms with Gasteiger partial charge >= 0.3 is 0 Å². The highest BCUT2D eigenvalue weighted by molar-refractivity contribution is 8.13. The number of hydrogen-bond acceptors (Lipinski definition) is 3. The Kier molecular flexibility index (Phi) is 3.62. The lowest BCUT2D eigenvalue weighted by Gasteiger charge is -2.12. The SMILES string of the molecule is COc1ccc(C)c(C)c1CS(=O)(=O)Cl. The summed E-state index contributed by atoms with van der Waals surface area (Å²) in [5, 5.41) is 0. The molecule has 0 aliphatic carbocycles. The predicted octanol–water partition coefficient (Wildman–Crippen LogP) is 2.38. The van der Waals surface area contributed by atoms with Gasteiger partial charge in [0.15, 0.2) is 0 Å². The molecule has 0 N–H and O–H groups in total. The zero-order valence-corrected chi connectivity index (χ0v) is 10.4. The summed E-state index contributed by atoms with van der Waals surface area (Å²) < 4.78 is 27.2. The van der Waals surface area contributed by atoms with Crippen molar-refractivity contribution in [3.8, 4) is 5.75 Å². The molecule has 0 radical (unpaired) electrons. The minimum atomic E-state index is -3.56. The van der Waals surface area contributed by atoms with Gasteiger partial charge in [0.1, 0.15) is 5.75 Å². The van der Waals surface area contributed by atoms with Gasteiger partial charge in [-0.05, 0) is 31.0 Å². The fraction of sp³-hybridized carbons (Fsp3) is 0.400. The number of ether oxygens (including phenoxy) is 1. The molecule has 5 heteroatoms. The highest BCUT2D eigenvalue weighted by atomic mass is 35.7. The quantitative estimate of drug-likeness (QED) is 0.772. The molecular weight excluding hydrogens is 236 g/mol. The number of benzene rings is 1. The number of aryl methyl sites for hydroxylation is 1. The second-order valence-corrected chi connectivity index (χ2v) is 6.15. The summed E-state index contributed by atoms with van der Waals surface area (Å²) in [6.45, 7) is 3.77. The van der Waals surface area contributed by atoms with Crippen LogP contribution in [0.3, 0.4) is 0 Å². The van der Waals surface area contributed by atoms with E-state index in [0.717, 1.165) is 11.1 Å². The van der Waals surface area contributed by atoms with Gasteiger partial charge in [-0.3, -0.25) is 0 Å². The van der Waals surface area contributed by atoms with E-state index in [4.69, 9.17) is 15.4 Å². The molecule has 0 aromatic heterocycles. The molecule has 84 valence electrons. The normalized spacial score (nSPS) is 11.5. The molecule has 0 heterocycles. The third-order valence-electron chi connectivity index (χ3n) is 2.36. The van der Waals surface area contributed by atoms with E-state index in [-0.39, 0.29) is 5.75 Å². The minimum absolute atomic E-state index is 0.203. The van der Waals surface area contributed by atoms with Crippen molar-refractivity contribution in [1.29, 1.82) is 0 Å². The summed E-state index contributed by atoms with van der Waals surface area (Å²) in [5.74, 6) is 0.355. The number of hydrogen-bond donors (Lipinski definition) is 0. The topological polar surface area (TPSA) is 43.4 Å². The van der Waals surface area contributed by atoms with Crippen molar-refractivity contribution in [2.75, 3.05) is 7.11 Å². The Morgan fingerprint density at radius 2 is 1.93 bits per heavy atom. The van der Waals surface area contributed by atoms with Crippen LogP contribution in [0.5, 0.6) is 5.75 Å². The molecule has 0 spiro atoms. The van der Waals surface area contributed by atoms with E-state index in [1.54, 1.807) is 6.07 Å². The van der Waals surface area contributed by atoms with E-state index >= 15 is 0 Å². The van der Waals surface area contributed by atoms with Crippen molar-refractivity contribution in [3.05, 3.63) is 28.8 Å². The van der Waals surface area contributed by atoms with Gasteiger partial charge in [-0.2, -0.15) is 0 Å². The molecule has 0 unspecified atom stereocenters. The van der Waals surface area contributed by atoms with Gasteiger partial charge in [0, 0.05) is 16.2 Å². The lowest BCUT2D eigenvalue weighted by Crippen LogP contribution is -2.02. The van der Waals surface area contributed by atoms with Crippen LogP contribution in [-0.4, -0.2) is 15.5 Å². The Hall–Kier alpha value is -0.740. The summed E-state index contributed by atoms with van der Waals surface area (Å²) in [4.78, 5) is 0. The zero-order valence-electron chi connectivity index (χ0n) is 8.87. The monoisotopic (exact) mass is 248 g/mol. The van der Waals surface area contributed by atoms with Gasteiger partial charge < -0.3 is 4.74 Å². The maximum absolute atomic E-state index is 11.0. The fourth-order valence-corrected chi connectivity index (χ4v) is 2.42. The van der Waals surface area contributed by atoms with Crippen LogP contribution >= 0.6 is 10.7 Å². The summed E-state index contributed by atoms with van der Waals surface area (Å²) >= 11 is 0. The smallest absolute Gasteiger partial charge is 0.236 e. The second-order valence-electron chi connectivity index (χ2n) is 3.37. The highest BCUT2D eigenvalue weighted by Crippen LogP contribution is 2.27. The summed E-state index contributed by atoms with van der Waals surface area (Å²) in [6.07, 6.45) is 0. The number of rotatable bonds is 3. The number of halogens is 1. The van der Waals surface area contributed by atoms with Crippen molar-refractivity contribution in [1.82, 2.24) is 0 Å². The van der Waals surface area contributed by atoms with Crippen molar-refractivity contribution < 1.29 is 13.2 Å². The molecule has 1 aromatic rings. The molecule has 3 nitrogen and oxygen atoms in total. The van der Waals surface area contributed by atoms with Crippen LogP contribution < -0.4 is 4.74 Å². The van der Waals surface area contributed by atoms with Gasteiger partial charge in [-0.25, -0.2) is 8.42 Å². The first-order valence-electron chi connectivity index (χ1n) is 4.40. The first-order valence-corrected chi connectivity index (χ1v) is 6.88. The van der Waals surface area contributed by atoms with Crippen molar-refractivity contribution in [2.24, 2.45) is 0 Å². The largest absolute Gasteiger partial charge is 0.496 e. The van der Waals surface area contributed by atoms with E-state index in [9.17, 15) is 8.42 Å². The second kappa shape index (κ2) is 4.41. The lowest BCUT2D eigenvalue weighted by molar-refractivity contribution is 0.410. The minimum Gasteiger partial charge on any atom is -0.496 e. The first-order chi connectivity index (χ1) is 6.85. The molecule has 0 aliphatic heterocycles. The third-order valence-corrected chi connectivity index (χ3v) is 3.32. The zero-order chi connectivity index (χ0) is 11.6. The van der Waals surface area contributed by atoms with Crippen LogP contribution in [-0.2, 0) is 14.8 Å². The fourth-order valence-electron chi connectivity index (χ4n) is 1.39. The lowest BCUT2D eigenvalue weighted by atomic mass is 10.0. The van der Waals surface area contributed by atoms with Crippen LogP contribution in [0.4, 0.5) is 0 Å². The van der Waals surface area contributed by atoms with Crippen LogP contribution in [0, 0.1) is 13.8 Å². The number of methoxy groups -OCH3 is 1. The molecule has 15 heavy (non-hydrogen) atoms. The standard InChI is InChI=1S/C10H13ClO3S/c1-7-4-5-10(14-3)9(8(7)2)6-15(11,12)13/h4-5H,6H2,1-3H3. The van der Waals surface area contributed by atoms with Gasteiger partial charge in [-0.1, -0.05) is 6.07 Å². The molecule has 0 amide bonds. The van der Waals surface area contributed by atoms with Crippen LogP contribution in [0.1, 0.15) is 16.7 Å². The van der Waals surface area contributed by atoms with Gasteiger partial charge in [0.2, 0.25) is 9.05 Å². The molecule has 0 saturated heterocycles. The van der Waals surface area contributed by atoms with Gasteiger partial charge in [0.05, 0.1) is 12.9 Å². The van der Waals surface area contributed by atoms with Gasteiger partial charge in [0.25, 0.3) is 0 Å². The average Bonchev–Trinajstić information content (AvgIpc) is 2.11. The van der Waals surface area contributed by atoms with Gasteiger partial charge in [-0.15, -0.1) is 0 Å². The molecule has 1 rings (SSSR count). The van der Waals surface area contributed by atoms with E-state index in [2.05, 4.69) is 0 Å². The van der Waals surface area contributed by atoms with E-state index in [1.165, 1.54) is 7.11 Å². The summed E-state index contributed by atoms with van der Waals surface area (Å²) in [6, 6.07) is 3.64. The van der Waals surface area contributed by atoms with E-state index in [1.807, 2.05) is 19.9 Å². The Bertz CT molecular complexity index is 466. The molecule has 0 atom stereocenters. The summed E-state index contributed by atoms with van der Waals surface area (Å²) in [7, 11) is 3.19. The highest BCUT2D eigenvalue weighted by Gasteiger charge is 2.15. The van der Waals surface area contributed by atoms with Crippen LogP contribution in [0.25, 0.3) is 0 Å². The van der Waals surface area contributed by atoms with Crippen molar-refractivity contribution in [2.45, 2.75) is 19.6 Å². The summed E-state index contributed by atoms with van der Waals surface area (Å²) in [5.41, 5.74) is 2.55. The maximum atomic E-state index is 11.0. The Labute approximate surface area is 94.4 Å². The molecule has 1 aromatic carbocycles. The third kappa shape index (κ3) is 3.11. The Balaban J connectivity index is 3.30. The molecular formula is C10H13ClO3S. The maximum Gasteiger partial charge on any atom is 0.236 e. The van der Waals surface area contributed by atoms with E-state index in [0.29, 0.717) is 11.3 Å². The molecule has 0 saturated carbocycles. The Morgan fingerprint density at radius 3 is 2.40 bits per heavy atom. The first kappa shape index (κ1) is 12.3. The molecule has 0 bridgehead atoms. The van der Waals surface area contributed by atoms with Crippen molar-refractivity contribution >= 4 is 19.7 Å². The Morgan fingerprint density at radius 1 is 1.33 bits per heavy atom. The van der Waals surface area contributed by atoms with Crippen LogP contribution in [0.2, 0.25) is 0 Å². The van der Waals surface area contributed by atoms with Crippen LogP contribution in [0.15, 0.2) is 12.1 Å². The van der Waals surface area contributed by atoms with E-state index < -0.39 is 9.05 Å². The van der Waals surface area contributed by atoms with Crippen molar-refractivity contribution in [3.63, 3.8) is 0 Å². The average molecular weight is 249 g/mol.